The molecule has 1 rings (SSSR count). The second-order valence-corrected chi connectivity index (χ2v) is 4.70. The molecule has 0 aromatic heterocycles. The maximum Gasteiger partial charge on any atom is 0.276 e. The molecule has 0 spiro atoms. The zero-order chi connectivity index (χ0) is 10.8. The van der Waals surface area contributed by atoms with Crippen LogP contribution in [0.3, 0.4) is 0 Å². The lowest BCUT2D eigenvalue weighted by molar-refractivity contribution is 0.468. The van der Waals surface area contributed by atoms with Gasteiger partial charge in [0.15, 0.2) is 0 Å². The molecule has 0 unspecified atom stereocenters. The summed E-state index contributed by atoms with van der Waals surface area (Å²) in [6, 6.07) is 6.95. The Balaban J connectivity index is 2.75. The number of rotatable bonds is 3. The molecular weight excluding hydrogens is 202 g/mol. The van der Waals surface area contributed by atoms with Gasteiger partial charge < -0.3 is 5.73 Å². The first-order valence-corrected chi connectivity index (χ1v) is 5.48. The number of nitrogens with zero attached hydrogens (tertiary/aromatic N) is 1. The summed E-state index contributed by atoms with van der Waals surface area (Å²) in [7, 11) is -2.19. The first-order valence-electron chi connectivity index (χ1n) is 3.98. The van der Waals surface area contributed by atoms with Crippen molar-refractivity contribution >= 4 is 15.9 Å². The molecule has 5 nitrogen and oxygen atoms in total. The molecule has 1 aromatic carbocycles. The van der Waals surface area contributed by atoms with Crippen LogP contribution in [-0.4, -0.2) is 19.8 Å². The predicted octanol–water partition coefficient (Wildman–Crippen LogP) is -0.0959. The Kier molecular flexibility index (Phi) is 3.10. The van der Waals surface area contributed by atoms with Gasteiger partial charge in [-0.3, -0.25) is 0 Å². The van der Waals surface area contributed by atoms with E-state index in [-0.39, 0.29) is 6.54 Å². The van der Waals surface area contributed by atoms with Gasteiger partial charge in [-0.05, 0) is 17.7 Å². The van der Waals surface area contributed by atoms with Gasteiger partial charge in [-0.2, -0.15) is 12.7 Å². The molecule has 0 aliphatic carbocycles. The fourth-order valence-corrected chi connectivity index (χ4v) is 1.30. The normalized spacial score (nSPS) is 11.9. The molecule has 4 N–H and O–H groups in total. The summed E-state index contributed by atoms with van der Waals surface area (Å²) in [5, 5.41) is 4.93. The van der Waals surface area contributed by atoms with Crippen LogP contribution in [0.2, 0.25) is 0 Å². The van der Waals surface area contributed by atoms with E-state index in [2.05, 4.69) is 0 Å². The molecule has 6 heteroatoms. The maximum absolute atomic E-state index is 10.9. The fourth-order valence-electron chi connectivity index (χ4n) is 0.970. The van der Waals surface area contributed by atoms with Crippen LogP contribution < -0.4 is 10.9 Å². The fraction of sp³-hybridized carbons (Fsp3) is 0.250. The van der Waals surface area contributed by atoms with Gasteiger partial charge in [-0.15, -0.1) is 0 Å². The summed E-state index contributed by atoms with van der Waals surface area (Å²) in [4.78, 5) is 0. The summed E-state index contributed by atoms with van der Waals surface area (Å²) in [6.07, 6.45) is 0. The van der Waals surface area contributed by atoms with Gasteiger partial charge in [-0.1, -0.05) is 12.1 Å². The van der Waals surface area contributed by atoms with Gasteiger partial charge in [0, 0.05) is 19.3 Å². The highest BCUT2D eigenvalue weighted by Gasteiger charge is 2.11. The van der Waals surface area contributed by atoms with Crippen molar-refractivity contribution in [2.75, 3.05) is 12.8 Å². The highest BCUT2D eigenvalue weighted by atomic mass is 32.2. The topological polar surface area (TPSA) is 89.4 Å². The van der Waals surface area contributed by atoms with E-state index in [0.29, 0.717) is 5.69 Å². The Labute approximate surface area is 83.5 Å². The number of benzene rings is 1. The minimum atomic E-state index is -3.61. The molecule has 0 aliphatic rings. The van der Waals surface area contributed by atoms with Crippen LogP contribution >= 0.6 is 0 Å². The van der Waals surface area contributed by atoms with Gasteiger partial charge in [0.25, 0.3) is 10.2 Å². The lowest BCUT2D eigenvalue weighted by Crippen LogP contribution is -2.32. The Bertz CT molecular complexity index is 399. The third-order valence-electron chi connectivity index (χ3n) is 1.82. The Hall–Kier alpha value is -1.11. The smallest absolute Gasteiger partial charge is 0.276 e. The van der Waals surface area contributed by atoms with E-state index in [4.69, 9.17) is 10.9 Å². The number of nitrogen functional groups attached to an aromatic ring is 1. The first-order chi connectivity index (χ1) is 6.39. The largest absolute Gasteiger partial charge is 0.399 e. The molecular formula is C8H13N3O2S. The van der Waals surface area contributed by atoms with Crippen molar-refractivity contribution in [2.45, 2.75) is 6.54 Å². The van der Waals surface area contributed by atoms with Crippen LogP contribution in [0.1, 0.15) is 5.56 Å². The third kappa shape index (κ3) is 2.99. The zero-order valence-electron chi connectivity index (χ0n) is 7.84. The Morgan fingerprint density at radius 3 is 2.21 bits per heavy atom. The maximum atomic E-state index is 10.9. The summed E-state index contributed by atoms with van der Waals surface area (Å²) < 4.78 is 22.8. The van der Waals surface area contributed by atoms with Crippen LogP contribution in [0.25, 0.3) is 0 Å². The van der Waals surface area contributed by atoms with Crippen molar-refractivity contribution in [3.8, 4) is 0 Å². The van der Waals surface area contributed by atoms with E-state index >= 15 is 0 Å². The first kappa shape index (κ1) is 11.0. The summed E-state index contributed by atoms with van der Waals surface area (Å²) >= 11 is 0. The number of anilines is 1. The minimum absolute atomic E-state index is 0.249. The summed E-state index contributed by atoms with van der Waals surface area (Å²) in [6.45, 7) is 0.249. The molecule has 0 amide bonds. The van der Waals surface area contributed by atoms with Crippen molar-refractivity contribution in [2.24, 2.45) is 5.14 Å². The number of nitrogens with two attached hydrogens (primary N) is 2. The van der Waals surface area contributed by atoms with Gasteiger partial charge in [-0.25, -0.2) is 5.14 Å². The van der Waals surface area contributed by atoms with Gasteiger partial charge in [0.05, 0.1) is 0 Å². The van der Waals surface area contributed by atoms with Crippen LogP contribution in [0.4, 0.5) is 5.69 Å². The summed E-state index contributed by atoms with van der Waals surface area (Å²) in [5.74, 6) is 0. The van der Waals surface area contributed by atoms with Crippen molar-refractivity contribution in [3.05, 3.63) is 29.8 Å². The Morgan fingerprint density at radius 1 is 1.29 bits per heavy atom. The van der Waals surface area contributed by atoms with Crippen LogP contribution in [0, 0.1) is 0 Å². The molecule has 0 fully saturated rings. The SMILES string of the molecule is CN(Cc1ccc(N)cc1)S(N)(=O)=O. The molecule has 1 aromatic rings. The molecule has 0 atom stereocenters. The van der Waals surface area contributed by atoms with Crippen molar-refractivity contribution in [1.82, 2.24) is 4.31 Å². The van der Waals surface area contributed by atoms with E-state index in [1.807, 2.05) is 0 Å². The predicted molar refractivity (Wildman–Crippen MR) is 55.4 cm³/mol. The van der Waals surface area contributed by atoms with Crippen molar-refractivity contribution in [1.29, 1.82) is 0 Å². The van der Waals surface area contributed by atoms with Gasteiger partial charge in [0.2, 0.25) is 0 Å². The molecule has 14 heavy (non-hydrogen) atoms. The van der Waals surface area contributed by atoms with E-state index < -0.39 is 10.2 Å². The molecule has 0 saturated heterocycles. The highest BCUT2D eigenvalue weighted by molar-refractivity contribution is 7.86. The Morgan fingerprint density at radius 2 is 1.79 bits per heavy atom. The molecule has 0 saturated carbocycles. The second kappa shape index (κ2) is 3.95. The molecule has 0 aliphatic heterocycles. The van der Waals surface area contributed by atoms with Crippen LogP contribution in [0.5, 0.6) is 0 Å². The molecule has 0 bridgehead atoms. The molecule has 78 valence electrons. The average Bonchev–Trinajstić information content (AvgIpc) is 2.07. The monoisotopic (exact) mass is 215 g/mol. The molecule has 0 radical (unpaired) electrons. The van der Waals surface area contributed by atoms with Crippen LogP contribution in [-0.2, 0) is 16.8 Å². The quantitative estimate of drug-likeness (QED) is 0.690. The average molecular weight is 215 g/mol. The standard InChI is InChI=1S/C8H13N3O2S/c1-11(14(10,12)13)6-7-2-4-8(9)5-3-7/h2-5H,6,9H2,1H3,(H2,10,12,13). The van der Waals surface area contributed by atoms with Crippen molar-refractivity contribution < 1.29 is 8.42 Å². The third-order valence-corrected chi connectivity index (χ3v) is 2.82. The lowest BCUT2D eigenvalue weighted by atomic mass is 10.2. The van der Waals surface area contributed by atoms with Crippen molar-refractivity contribution in [3.63, 3.8) is 0 Å². The number of hydrogen-bond acceptors (Lipinski definition) is 3. The minimum Gasteiger partial charge on any atom is -0.399 e. The lowest BCUT2D eigenvalue weighted by Gasteiger charge is -2.13. The second-order valence-electron chi connectivity index (χ2n) is 3.04. The zero-order valence-corrected chi connectivity index (χ0v) is 8.66. The van der Waals surface area contributed by atoms with E-state index in [0.717, 1.165) is 9.87 Å². The van der Waals surface area contributed by atoms with Crippen LogP contribution in [0.15, 0.2) is 24.3 Å². The van der Waals surface area contributed by atoms with E-state index in [1.165, 1.54) is 7.05 Å². The number of hydrogen-bond donors (Lipinski definition) is 2. The highest BCUT2D eigenvalue weighted by Crippen LogP contribution is 2.08. The summed E-state index contributed by atoms with van der Waals surface area (Å²) in [5.41, 5.74) is 6.98. The van der Waals surface area contributed by atoms with E-state index in [9.17, 15) is 8.42 Å². The van der Waals surface area contributed by atoms with Gasteiger partial charge >= 0.3 is 0 Å². The van der Waals surface area contributed by atoms with E-state index in [1.54, 1.807) is 24.3 Å². The van der Waals surface area contributed by atoms with Gasteiger partial charge in [0.1, 0.15) is 0 Å². The molecule has 0 heterocycles.